The Morgan fingerprint density at radius 1 is 1.33 bits per heavy atom. The molecule has 4 nitrogen and oxygen atoms in total. The Labute approximate surface area is 124 Å². The molecule has 0 bridgehead atoms. The molecule has 2 rings (SSSR count). The number of amides is 1. The summed E-state index contributed by atoms with van der Waals surface area (Å²) in [6.07, 6.45) is -3.25. The Bertz CT molecular complexity index is 545. The molecule has 2 N–H and O–H groups in total. The highest BCUT2D eigenvalue weighted by Crippen LogP contribution is 2.25. The minimum absolute atomic E-state index is 0.248. The van der Waals surface area contributed by atoms with E-state index in [4.69, 9.17) is 18.0 Å². The van der Waals surface area contributed by atoms with E-state index in [2.05, 4.69) is 4.74 Å². The van der Waals surface area contributed by atoms with Crippen LogP contribution in [-0.2, 0) is 0 Å². The number of nitrogens with two attached hydrogens (primary N) is 1. The van der Waals surface area contributed by atoms with E-state index in [1.54, 1.807) is 4.90 Å². The van der Waals surface area contributed by atoms with Gasteiger partial charge in [-0.05, 0) is 37.1 Å². The van der Waals surface area contributed by atoms with Crippen molar-refractivity contribution in [1.29, 1.82) is 0 Å². The van der Waals surface area contributed by atoms with Gasteiger partial charge in [-0.25, -0.2) is 0 Å². The van der Waals surface area contributed by atoms with Crippen LogP contribution >= 0.6 is 12.2 Å². The van der Waals surface area contributed by atoms with Gasteiger partial charge in [0.05, 0.1) is 11.0 Å². The van der Waals surface area contributed by atoms with Gasteiger partial charge in [0, 0.05) is 12.1 Å². The monoisotopic (exact) mass is 318 g/mol. The van der Waals surface area contributed by atoms with Gasteiger partial charge < -0.3 is 15.4 Å². The van der Waals surface area contributed by atoms with E-state index >= 15 is 0 Å². The molecule has 1 heterocycles. The summed E-state index contributed by atoms with van der Waals surface area (Å²) in [5, 5.41) is 0. The smallest absolute Gasteiger partial charge is 0.406 e. The van der Waals surface area contributed by atoms with Crippen LogP contribution in [0.2, 0.25) is 0 Å². The van der Waals surface area contributed by atoms with Crippen molar-refractivity contribution in [1.82, 2.24) is 4.90 Å². The molecular weight excluding hydrogens is 305 g/mol. The van der Waals surface area contributed by atoms with Crippen molar-refractivity contribution in [2.75, 3.05) is 6.54 Å². The van der Waals surface area contributed by atoms with Gasteiger partial charge in [-0.2, -0.15) is 0 Å². The molecule has 1 unspecified atom stereocenters. The molecule has 114 valence electrons. The number of benzene rings is 1. The van der Waals surface area contributed by atoms with Crippen LogP contribution in [0.1, 0.15) is 23.2 Å². The fourth-order valence-corrected chi connectivity index (χ4v) is 2.52. The minimum atomic E-state index is -4.75. The Hall–Kier alpha value is -1.83. The highest BCUT2D eigenvalue weighted by atomic mass is 32.1. The first kappa shape index (κ1) is 15.6. The maximum atomic E-state index is 12.3. The first-order valence-electron chi connectivity index (χ1n) is 6.24. The highest BCUT2D eigenvalue weighted by molar-refractivity contribution is 7.80. The summed E-state index contributed by atoms with van der Waals surface area (Å²) >= 11 is 4.92. The third kappa shape index (κ3) is 3.84. The molecule has 0 radical (unpaired) electrons. The Balaban J connectivity index is 2.11. The lowest BCUT2D eigenvalue weighted by Gasteiger charge is -2.23. The third-order valence-electron chi connectivity index (χ3n) is 3.18. The van der Waals surface area contributed by atoms with Crippen LogP contribution in [0, 0.1) is 0 Å². The maximum absolute atomic E-state index is 12.3. The van der Waals surface area contributed by atoms with E-state index in [0.29, 0.717) is 13.0 Å². The number of alkyl halides is 3. The number of nitrogens with zero attached hydrogens (tertiary/aromatic N) is 1. The Morgan fingerprint density at radius 3 is 2.48 bits per heavy atom. The van der Waals surface area contributed by atoms with Crippen molar-refractivity contribution in [2.24, 2.45) is 5.73 Å². The molecule has 1 atom stereocenters. The second-order valence-electron chi connectivity index (χ2n) is 4.63. The van der Waals surface area contributed by atoms with Crippen molar-refractivity contribution < 1.29 is 22.7 Å². The number of hydrogen-bond acceptors (Lipinski definition) is 3. The molecule has 21 heavy (non-hydrogen) atoms. The molecule has 0 aromatic heterocycles. The Morgan fingerprint density at radius 2 is 1.95 bits per heavy atom. The number of halogens is 3. The van der Waals surface area contributed by atoms with Crippen molar-refractivity contribution >= 4 is 23.1 Å². The third-order valence-corrected chi connectivity index (χ3v) is 3.45. The zero-order valence-electron chi connectivity index (χ0n) is 10.9. The van der Waals surface area contributed by atoms with Gasteiger partial charge in [0.1, 0.15) is 5.75 Å². The number of hydrogen-bond donors (Lipinski definition) is 1. The summed E-state index contributed by atoms with van der Waals surface area (Å²) in [5.41, 5.74) is 5.86. The zero-order chi connectivity index (χ0) is 15.6. The molecule has 1 aliphatic heterocycles. The molecule has 1 fully saturated rings. The van der Waals surface area contributed by atoms with Gasteiger partial charge >= 0.3 is 6.36 Å². The van der Waals surface area contributed by atoms with Crippen LogP contribution < -0.4 is 10.5 Å². The summed E-state index contributed by atoms with van der Waals surface area (Å²) in [6.45, 7) is 0.529. The summed E-state index contributed by atoms with van der Waals surface area (Å²) < 4.78 is 39.9. The number of carbonyl (C=O) groups is 1. The van der Waals surface area contributed by atoms with Crippen LogP contribution in [0.25, 0.3) is 0 Å². The van der Waals surface area contributed by atoms with Crippen molar-refractivity contribution in [3.05, 3.63) is 29.8 Å². The van der Waals surface area contributed by atoms with Gasteiger partial charge in [-0.15, -0.1) is 13.2 Å². The SMILES string of the molecule is NC(=S)C1CCCN1C(=O)c1ccc(OC(F)(F)F)cc1. The lowest BCUT2D eigenvalue weighted by atomic mass is 10.1. The number of likely N-dealkylation sites (tertiary alicyclic amines) is 1. The van der Waals surface area contributed by atoms with Crippen LogP contribution in [0.5, 0.6) is 5.75 Å². The van der Waals surface area contributed by atoms with Crippen molar-refractivity contribution in [3.63, 3.8) is 0 Å². The second-order valence-corrected chi connectivity index (χ2v) is 5.10. The van der Waals surface area contributed by atoms with Gasteiger partial charge in [0.2, 0.25) is 0 Å². The standard InChI is InChI=1S/C13H13F3N2O2S/c14-13(15,16)20-9-5-3-8(4-6-9)12(19)18-7-1-2-10(18)11(17)21/h3-6,10H,1-2,7H2,(H2,17,21). The molecule has 0 saturated carbocycles. The number of ether oxygens (including phenoxy) is 1. The average molecular weight is 318 g/mol. The first-order valence-corrected chi connectivity index (χ1v) is 6.65. The van der Waals surface area contributed by atoms with Crippen molar-refractivity contribution in [3.8, 4) is 5.75 Å². The predicted octanol–water partition coefficient (Wildman–Crippen LogP) is 2.48. The molecule has 1 aromatic carbocycles. The van der Waals surface area contributed by atoms with Crippen molar-refractivity contribution in [2.45, 2.75) is 25.2 Å². The lowest BCUT2D eigenvalue weighted by Crippen LogP contribution is -2.42. The first-order chi connectivity index (χ1) is 9.78. The number of thiocarbonyl (C=S) groups is 1. The van der Waals surface area contributed by atoms with Gasteiger partial charge in [-0.1, -0.05) is 12.2 Å². The van der Waals surface area contributed by atoms with Crippen LogP contribution in [0.15, 0.2) is 24.3 Å². The molecule has 0 aliphatic carbocycles. The normalized spacial score (nSPS) is 18.6. The second kappa shape index (κ2) is 5.88. The molecule has 1 aromatic rings. The number of carbonyl (C=O) groups excluding carboxylic acids is 1. The van der Waals surface area contributed by atoms with E-state index in [0.717, 1.165) is 18.6 Å². The quantitative estimate of drug-likeness (QED) is 0.870. The molecule has 8 heteroatoms. The highest BCUT2D eigenvalue weighted by Gasteiger charge is 2.32. The topological polar surface area (TPSA) is 55.6 Å². The van der Waals surface area contributed by atoms with E-state index in [1.807, 2.05) is 0 Å². The maximum Gasteiger partial charge on any atom is 0.573 e. The van der Waals surface area contributed by atoms with E-state index in [9.17, 15) is 18.0 Å². The Kier molecular flexibility index (Phi) is 4.36. The largest absolute Gasteiger partial charge is 0.573 e. The molecule has 1 saturated heterocycles. The fraction of sp³-hybridized carbons (Fsp3) is 0.385. The number of rotatable bonds is 3. The van der Waals surface area contributed by atoms with E-state index < -0.39 is 6.36 Å². The van der Waals surface area contributed by atoms with Gasteiger partial charge in [0.25, 0.3) is 5.91 Å². The molecule has 0 spiro atoms. The van der Waals surface area contributed by atoms with Crippen LogP contribution in [0.4, 0.5) is 13.2 Å². The van der Waals surface area contributed by atoms with E-state index in [-0.39, 0.29) is 28.3 Å². The van der Waals surface area contributed by atoms with Gasteiger partial charge in [-0.3, -0.25) is 4.79 Å². The molecule has 1 aliphatic rings. The zero-order valence-corrected chi connectivity index (χ0v) is 11.7. The predicted molar refractivity (Wildman–Crippen MR) is 74.0 cm³/mol. The fourth-order valence-electron chi connectivity index (χ4n) is 2.27. The molecule has 1 amide bonds. The van der Waals surface area contributed by atoms with Crippen LogP contribution in [0.3, 0.4) is 0 Å². The minimum Gasteiger partial charge on any atom is -0.406 e. The summed E-state index contributed by atoms with van der Waals surface area (Å²) in [6, 6.07) is 4.49. The van der Waals surface area contributed by atoms with Crippen LogP contribution in [-0.4, -0.2) is 34.7 Å². The lowest BCUT2D eigenvalue weighted by molar-refractivity contribution is -0.274. The summed E-state index contributed by atoms with van der Waals surface area (Å²) in [7, 11) is 0. The molecular formula is C13H13F3N2O2S. The summed E-state index contributed by atoms with van der Waals surface area (Å²) in [4.78, 5) is 14.1. The van der Waals surface area contributed by atoms with Gasteiger partial charge in [0.15, 0.2) is 0 Å². The van der Waals surface area contributed by atoms with E-state index in [1.165, 1.54) is 12.1 Å². The summed E-state index contributed by atoms with van der Waals surface area (Å²) in [5.74, 6) is -0.671. The average Bonchev–Trinajstić information content (AvgIpc) is 2.86.